The fourth-order valence-electron chi connectivity index (χ4n) is 4.81. The lowest BCUT2D eigenvalue weighted by molar-refractivity contribution is 0.0464. The van der Waals surface area contributed by atoms with E-state index in [-0.39, 0.29) is 36.6 Å². The molecule has 1 aromatic heterocycles. The van der Waals surface area contributed by atoms with Gasteiger partial charge in [0, 0.05) is 5.92 Å². The molecule has 1 aliphatic rings. The molecule has 3 aromatic carbocycles. The highest BCUT2D eigenvalue weighted by atomic mass is 16.5. The molecule has 7 heteroatoms. The summed E-state index contributed by atoms with van der Waals surface area (Å²) >= 11 is 0. The van der Waals surface area contributed by atoms with E-state index in [9.17, 15) is 9.59 Å². The van der Waals surface area contributed by atoms with Crippen LogP contribution in [0.15, 0.2) is 83.3 Å². The molecule has 1 aliphatic carbocycles. The minimum atomic E-state index is -0.583. The number of hydrogen-bond donors (Lipinski definition) is 1. The zero-order valence-electron chi connectivity index (χ0n) is 21.6. The number of fused-ring (bicyclic) bond motifs is 3. The zero-order valence-corrected chi connectivity index (χ0v) is 21.6. The van der Waals surface area contributed by atoms with Crippen molar-refractivity contribution >= 4 is 12.1 Å². The van der Waals surface area contributed by atoms with E-state index in [1.807, 2.05) is 68.4 Å². The van der Waals surface area contributed by atoms with E-state index in [1.54, 1.807) is 6.92 Å². The van der Waals surface area contributed by atoms with Gasteiger partial charge in [0.1, 0.15) is 25.0 Å². The molecule has 0 bridgehead atoms. The Balaban J connectivity index is 1.25. The van der Waals surface area contributed by atoms with Crippen LogP contribution in [0, 0.1) is 12.8 Å². The molecule has 7 nitrogen and oxygen atoms in total. The van der Waals surface area contributed by atoms with Crippen LogP contribution in [0.1, 0.15) is 64.6 Å². The molecule has 1 atom stereocenters. The summed E-state index contributed by atoms with van der Waals surface area (Å²) in [6.45, 7) is 5.85. The summed E-state index contributed by atoms with van der Waals surface area (Å²) in [6, 6.07) is 25.2. The van der Waals surface area contributed by atoms with Gasteiger partial charge >= 0.3 is 12.1 Å². The number of nitrogens with one attached hydrogen (secondary N) is 1. The molecule has 0 saturated heterocycles. The van der Waals surface area contributed by atoms with E-state index in [1.165, 1.54) is 11.1 Å². The summed E-state index contributed by atoms with van der Waals surface area (Å²) in [5, 5.41) is 2.87. The fraction of sp³-hybridized carbons (Fsp3) is 0.258. The van der Waals surface area contributed by atoms with Crippen molar-refractivity contribution in [2.45, 2.75) is 39.3 Å². The second-order valence-electron chi connectivity index (χ2n) is 9.71. The topological polar surface area (TPSA) is 90.7 Å². The standard InChI is InChI=1S/C31H30N2O5/c1-19(2)27(29-32-28(20(3)38-29)30(34)36-17-21-11-5-4-6-12-21)33-31(35)37-18-26-24-15-9-7-13-22(24)23-14-8-10-16-25(23)26/h4-16,19,26-27H,17-18H2,1-3H3,(H,33,35)/t27-/m0/s1. The Labute approximate surface area is 221 Å². The lowest BCUT2D eigenvalue weighted by Crippen LogP contribution is -2.33. The van der Waals surface area contributed by atoms with Gasteiger partial charge in [-0.05, 0) is 40.7 Å². The molecular weight excluding hydrogens is 480 g/mol. The van der Waals surface area contributed by atoms with Crippen LogP contribution in [-0.4, -0.2) is 23.7 Å². The Kier molecular flexibility index (Phi) is 7.26. The minimum Gasteiger partial charge on any atom is -0.456 e. The average Bonchev–Trinajstić information content (AvgIpc) is 3.47. The number of rotatable bonds is 8. The number of hydrogen-bond acceptors (Lipinski definition) is 6. The highest BCUT2D eigenvalue weighted by Crippen LogP contribution is 2.44. The highest BCUT2D eigenvalue weighted by molar-refractivity contribution is 5.88. The van der Waals surface area contributed by atoms with Crippen LogP contribution in [-0.2, 0) is 16.1 Å². The van der Waals surface area contributed by atoms with Crippen LogP contribution in [0.25, 0.3) is 11.1 Å². The van der Waals surface area contributed by atoms with E-state index in [0.717, 1.165) is 16.7 Å². The van der Waals surface area contributed by atoms with Crippen LogP contribution in [0.5, 0.6) is 0 Å². The molecule has 0 radical (unpaired) electrons. The number of carbonyl (C=O) groups is 2. The first-order valence-corrected chi connectivity index (χ1v) is 12.7. The number of nitrogens with zero attached hydrogens (tertiary/aromatic N) is 1. The number of aromatic nitrogens is 1. The van der Waals surface area contributed by atoms with Crippen LogP contribution in [0.2, 0.25) is 0 Å². The molecule has 0 spiro atoms. The molecule has 5 rings (SSSR count). The van der Waals surface area contributed by atoms with Gasteiger partial charge < -0.3 is 19.2 Å². The number of carbonyl (C=O) groups excluding carboxylic acids is 2. The van der Waals surface area contributed by atoms with Crippen LogP contribution < -0.4 is 5.32 Å². The molecule has 194 valence electrons. The number of amides is 1. The monoisotopic (exact) mass is 510 g/mol. The Hall–Kier alpha value is -4.39. The third kappa shape index (κ3) is 5.18. The number of ether oxygens (including phenoxy) is 2. The van der Waals surface area contributed by atoms with Gasteiger partial charge in [0.25, 0.3) is 0 Å². The second kappa shape index (κ2) is 10.9. The van der Waals surface area contributed by atoms with E-state index < -0.39 is 18.1 Å². The maximum Gasteiger partial charge on any atom is 0.407 e. The van der Waals surface area contributed by atoms with Crippen molar-refractivity contribution in [1.82, 2.24) is 10.3 Å². The summed E-state index contributed by atoms with van der Waals surface area (Å²) in [6.07, 6.45) is -0.574. The first-order valence-electron chi connectivity index (χ1n) is 12.7. The van der Waals surface area contributed by atoms with Crippen LogP contribution in [0.3, 0.4) is 0 Å². The van der Waals surface area contributed by atoms with Gasteiger partial charge in [-0.15, -0.1) is 0 Å². The van der Waals surface area contributed by atoms with Crippen LogP contribution in [0.4, 0.5) is 4.79 Å². The van der Waals surface area contributed by atoms with Crippen molar-refractivity contribution in [3.8, 4) is 11.1 Å². The number of benzene rings is 3. The second-order valence-corrected chi connectivity index (χ2v) is 9.71. The normalized spacial score (nSPS) is 13.1. The van der Waals surface area contributed by atoms with Crippen molar-refractivity contribution in [1.29, 1.82) is 0 Å². The van der Waals surface area contributed by atoms with E-state index >= 15 is 0 Å². The molecular formula is C31H30N2O5. The highest BCUT2D eigenvalue weighted by Gasteiger charge is 2.31. The smallest absolute Gasteiger partial charge is 0.407 e. The molecule has 1 N–H and O–H groups in total. The zero-order chi connectivity index (χ0) is 26.6. The van der Waals surface area contributed by atoms with Gasteiger partial charge in [-0.25, -0.2) is 14.6 Å². The van der Waals surface area contributed by atoms with E-state index in [0.29, 0.717) is 5.76 Å². The third-order valence-electron chi connectivity index (χ3n) is 6.77. The van der Waals surface area contributed by atoms with Crippen molar-refractivity contribution in [3.05, 3.63) is 113 Å². The Bertz CT molecular complexity index is 1400. The predicted molar refractivity (Wildman–Crippen MR) is 143 cm³/mol. The Morgan fingerprint density at radius 2 is 1.50 bits per heavy atom. The first kappa shape index (κ1) is 25.3. The summed E-state index contributed by atoms with van der Waals surface area (Å²) < 4.78 is 16.9. The summed E-state index contributed by atoms with van der Waals surface area (Å²) in [5.41, 5.74) is 5.58. The van der Waals surface area contributed by atoms with Crippen molar-refractivity contribution in [2.75, 3.05) is 6.61 Å². The van der Waals surface area contributed by atoms with Gasteiger partial charge in [0.2, 0.25) is 5.89 Å². The number of oxazole rings is 1. The molecule has 1 amide bonds. The summed E-state index contributed by atoms with van der Waals surface area (Å²) in [5.74, 6) is -0.122. The largest absolute Gasteiger partial charge is 0.456 e. The number of aryl methyl sites for hydroxylation is 1. The van der Waals surface area contributed by atoms with Gasteiger partial charge in [0.15, 0.2) is 5.69 Å². The predicted octanol–water partition coefficient (Wildman–Crippen LogP) is 6.58. The SMILES string of the molecule is Cc1oc([C@@H](NC(=O)OCC2c3ccccc3-c3ccccc32)C(C)C)nc1C(=O)OCc1ccccc1. The average molecular weight is 511 g/mol. The third-order valence-corrected chi connectivity index (χ3v) is 6.77. The lowest BCUT2D eigenvalue weighted by atomic mass is 9.98. The molecule has 38 heavy (non-hydrogen) atoms. The molecule has 0 aliphatic heterocycles. The number of esters is 1. The number of alkyl carbamates (subject to hydrolysis) is 1. The van der Waals surface area contributed by atoms with Gasteiger partial charge in [-0.1, -0.05) is 92.7 Å². The molecule has 1 heterocycles. The van der Waals surface area contributed by atoms with Crippen molar-refractivity contribution in [3.63, 3.8) is 0 Å². The molecule has 0 fully saturated rings. The van der Waals surface area contributed by atoms with Gasteiger partial charge in [-0.2, -0.15) is 0 Å². The summed E-state index contributed by atoms with van der Waals surface area (Å²) in [4.78, 5) is 29.9. The van der Waals surface area contributed by atoms with Gasteiger partial charge in [-0.3, -0.25) is 0 Å². The summed E-state index contributed by atoms with van der Waals surface area (Å²) in [7, 11) is 0. The maximum atomic E-state index is 12.9. The fourth-order valence-corrected chi connectivity index (χ4v) is 4.81. The maximum absolute atomic E-state index is 12.9. The lowest BCUT2D eigenvalue weighted by Gasteiger charge is -2.20. The molecule has 0 unspecified atom stereocenters. The van der Waals surface area contributed by atoms with Crippen LogP contribution >= 0.6 is 0 Å². The first-order chi connectivity index (χ1) is 18.4. The van der Waals surface area contributed by atoms with Gasteiger partial charge in [0.05, 0.1) is 0 Å². The molecule has 4 aromatic rings. The Morgan fingerprint density at radius 1 is 0.895 bits per heavy atom. The van der Waals surface area contributed by atoms with Crippen molar-refractivity contribution in [2.24, 2.45) is 5.92 Å². The minimum absolute atomic E-state index is 0.0411. The Morgan fingerprint density at radius 3 is 2.13 bits per heavy atom. The molecule has 0 saturated carbocycles. The van der Waals surface area contributed by atoms with E-state index in [4.69, 9.17) is 13.9 Å². The van der Waals surface area contributed by atoms with Crippen molar-refractivity contribution < 1.29 is 23.5 Å². The quantitative estimate of drug-likeness (QED) is 0.269. The van der Waals surface area contributed by atoms with E-state index in [2.05, 4.69) is 34.6 Å².